The van der Waals surface area contributed by atoms with E-state index in [1.54, 1.807) is 36.4 Å². The van der Waals surface area contributed by atoms with E-state index in [4.69, 9.17) is 9.47 Å². The monoisotopic (exact) mass is 780 g/mol. The van der Waals surface area contributed by atoms with Gasteiger partial charge in [0.05, 0.1) is 27.9 Å². The van der Waals surface area contributed by atoms with Crippen LogP contribution in [-0.4, -0.2) is 35.6 Å². The zero-order valence-electron chi connectivity index (χ0n) is 34.2. The van der Waals surface area contributed by atoms with Gasteiger partial charge in [0.15, 0.2) is 0 Å². The summed E-state index contributed by atoms with van der Waals surface area (Å²) < 4.78 is 12.3. The van der Waals surface area contributed by atoms with Gasteiger partial charge in [-0.15, -0.1) is 0 Å². The number of benzene rings is 6. The summed E-state index contributed by atoms with van der Waals surface area (Å²) in [7, 11) is 1.47. The fourth-order valence-electron chi connectivity index (χ4n) is 9.25. The summed E-state index contributed by atoms with van der Waals surface area (Å²) in [4.78, 5) is 54.4. The van der Waals surface area contributed by atoms with E-state index in [-0.39, 0.29) is 39.9 Å². The first kappa shape index (κ1) is 37.8. The molecule has 0 aromatic heterocycles. The van der Waals surface area contributed by atoms with Crippen LogP contribution < -0.4 is 14.4 Å². The Morgan fingerprint density at radius 2 is 1.00 bits per heavy atom. The average Bonchev–Trinajstić information content (AvgIpc) is 3.69. The van der Waals surface area contributed by atoms with Gasteiger partial charge in [-0.2, -0.15) is 0 Å². The Balaban J connectivity index is 0.870. The summed E-state index contributed by atoms with van der Waals surface area (Å²) >= 11 is 0. The van der Waals surface area contributed by atoms with Crippen LogP contribution in [0.15, 0.2) is 127 Å². The largest absolute Gasteiger partial charge is 0.457 e. The van der Waals surface area contributed by atoms with Crippen molar-refractivity contribution in [1.82, 2.24) is 4.90 Å². The number of fused-ring (bicyclic) bond motifs is 3. The summed E-state index contributed by atoms with van der Waals surface area (Å²) in [6, 6.07) is 40.1. The zero-order valence-corrected chi connectivity index (χ0v) is 34.2. The molecule has 2 heterocycles. The van der Waals surface area contributed by atoms with Crippen molar-refractivity contribution in [2.75, 3.05) is 11.9 Å². The highest BCUT2D eigenvalue weighted by atomic mass is 16.5. The predicted molar refractivity (Wildman–Crippen MR) is 227 cm³/mol. The SMILES string of the molecule is Cc1ccc2c(c1)C(C)(C)CC2(C)c1ccc(N2C(=O)c3ccc(Oc4ccc(C(C)(C)c5ccc(Oc6ccc7c(c6)C(=O)N(C)C7=O)cc5)cc4)cc3C2=O)cc1. The van der Waals surface area contributed by atoms with Crippen LogP contribution in [0.3, 0.4) is 0 Å². The summed E-state index contributed by atoms with van der Waals surface area (Å²) in [5, 5.41) is 0. The van der Waals surface area contributed by atoms with Crippen molar-refractivity contribution >= 4 is 29.3 Å². The van der Waals surface area contributed by atoms with E-state index in [0.717, 1.165) is 28.0 Å². The van der Waals surface area contributed by atoms with Crippen molar-refractivity contribution in [3.63, 3.8) is 0 Å². The van der Waals surface area contributed by atoms with Crippen molar-refractivity contribution in [2.24, 2.45) is 0 Å². The van der Waals surface area contributed by atoms with Crippen LogP contribution in [-0.2, 0) is 16.2 Å². The highest BCUT2D eigenvalue weighted by Gasteiger charge is 2.46. The predicted octanol–water partition coefficient (Wildman–Crippen LogP) is 10.9. The fourth-order valence-corrected chi connectivity index (χ4v) is 9.25. The van der Waals surface area contributed by atoms with Gasteiger partial charge in [-0.1, -0.05) is 94.8 Å². The van der Waals surface area contributed by atoms with Crippen LogP contribution in [0.5, 0.6) is 23.0 Å². The smallest absolute Gasteiger partial charge is 0.266 e. The Hall–Kier alpha value is -6.80. The van der Waals surface area contributed by atoms with Gasteiger partial charge in [0.1, 0.15) is 23.0 Å². The quantitative estimate of drug-likeness (QED) is 0.143. The molecule has 6 aromatic rings. The normalized spacial score (nSPS) is 17.9. The Kier molecular flexibility index (Phi) is 8.56. The average molecular weight is 781 g/mol. The van der Waals surface area contributed by atoms with E-state index >= 15 is 0 Å². The molecule has 294 valence electrons. The molecule has 0 N–H and O–H groups in total. The van der Waals surface area contributed by atoms with Crippen LogP contribution in [0, 0.1) is 6.92 Å². The molecule has 1 aliphatic carbocycles. The number of rotatable bonds is 8. The Labute approximate surface area is 344 Å². The molecule has 8 heteroatoms. The number of imide groups is 2. The second kappa shape index (κ2) is 13.4. The maximum atomic E-state index is 13.8. The molecule has 6 aromatic carbocycles. The molecular formula is C51H44N2O6. The van der Waals surface area contributed by atoms with Gasteiger partial charge >= 0.3 is 0 Å². The fraction of sp³-hybridized carbons (Fsp3) is 0.216. The van der Waals surface area contributed by atoms with Crippen LogP contribution >= 0.6 is 0 Å². The summed E-state index contributed by atoms with van der Waals surface area (Å²) in [6.45, 7) is 13.3. The van der Waals surface area contributed by atoms with Crippen LogP contribution in [0.4, 0.5) is 5.69 Å². The van der Waals surface area contributed by atoms with Gasteiger partial charge in [-0.05, 0) is 119 Å². The highest BCUT2D eigenvalue weighted by molar-refractivity contribution is 6.34. The van der Waals surface area contributed by atoms with Gasteiger partial charge in [-0.25, -0.2) is 4.90 Å². The lowest BCUT2D eigenvalue weighted by atomic mass is 9.75. The number of amides is 4. The number of anilines is 1. The molecule has 1 atom stereocenters. The molecule has 0 fully saturated rings. The first-order valence-electron chi connectivity index (χ1n) is 19.8. The number of nitrogens with zero attached hydrogens (tertiary/aromatic N) is 2. The minimum atomic E-state index is -0.377. The van der Waals surface area contributed by atoms with Crippen LogP contribution in [0.2, 0.25) is 0 Å². The molecule has 9 rings (SSSR count). The summed E-state index contributed by atoms with van der Waals surface area (Å²) in [5.74, 6) is 0.752. The summed E-state index contributed by atoms with van der Waals surface area (Å²) in [5.41, 5.74) is 8.62. The van der Waals surface area contributed by atoms with Crippen molar-refractivity contribution < 1.29 is 28.7 Å². The lowest BCUT2D eigenvalue weighted by molar-refractivity contribution is 0.0692. The van der Waals surface area contributed by atoms with E-state index in [1.165, 1.54) is 28.6 Å². The minimum Gasteiger partial charge on any atom is -0.457 e. The second-order valence-corrected chi connectivity index (χ2v) is 17.4. The van der Waals surface area contributed by atoms with Gasteiger partial charge < -0.3 is 9.47 Å². The lowest BCUT2D eigenvalue weighted by Gasteiger charge is -2.29. The Bertz CT molecular complexity index is 2750. The van der Waals surface area contributed by atoms with Crippen LogP contribution in [0.1, 0.15) is 116 Å². The van der Waals surface area contributed by atoms with E-state index < -0.39 is 0 Å². The van der Waals surface area contributed by atoms with Gasteiger partial charge in [0.2, 0.25) is 0 Å². The third-order valence-electron chi connectivity index (χ3n) is 12.6. The molecule has 0 bridgehead atoms. The maximum absolute atomic E-state index is 13.8. The topological polar surface area (TPSA) is 93.2 Å². The van der Waals surface area contributed by atoms with E-state index in [1.807, 2.05) is 60.7 Å². The van der Waals surface area contributed by atoms with Crippen molar-refractivity contribution in [3.05, 3.63) is 183 Å². The number of hydrogen-bond acceptors (Lipinski definition) is 6. The van der Waals surface area contributed by atoms with E-state index in [2.05, 4.69) is 71.9 Å². The van der Waals surface area contributed by atoms with Crippen molar-refractivity contribution in [1.29, 1.82) is 0 Å². The Morgan fingerprint density at radius 1 is 0.525 bits per heavy atom. The molecular weight excluding hydrogens is 737 g/mol. The number of ether oxygens (including phenoxy) is 2. The van der Waals surface area contributed by atoms with Gasteiger partial charge in [-0.3, -0.25) is 24.1 Å². The molecule has 1 unspecified atom stereocenters. The molecule has 0 saturated carbocycles. The maximum Gasteiger partial charge on any atom is 0.266 e. The third kappa shape index (κ3) is 6.13. The molecule has 0 spiro atoms. The minimum absolute atomic E-state index is 0.0273. The molecule has 8 nitrogen and oxygen atoms in total. The van der Waals surface area contributed by atoms with Crippen molar-refractivity contribution in [3.8, 4) is 23.0 Å². The Morgan fingerprint density at radius 3 is 1.56 bits per heavy atom. The molecule has 2 aliphatic heterocycles. The molecule has 4 amide bonds. The zero-order chi connectivity index (χ0) is 41.6. The molecule has 0 radical (unpaired) electrons. The lowest BCUT2D eigenvalue weighted by Crippen LogP contribution is -2.29. The van der Waals surface area contributed by atoms with Gasteiger partial charge in [0, 0.05) is 17.9 Å². The highest BCUT2D eigenvalue weighted by Crippen LogP contribution is 2.53. The van der Waals surface area contributed by atoms with E-state index in [0.29, 0.717) is 50.9 Å². The molecule has 3 aliphatic rings. The first-order valence-corrected chi connectivity index (χ1v) is 19.8. The van der Waals surface area contributed by atoms with Gasteiger partial charge in [0.25, 0.3) is 23.6 Å². The van der Waals surface area contributed by atoms with E-state index in [9.17, 15) is 19.2 Å². The number of hydrogen-bond donors (Lipinski definition) is 0. The number of carbonyl (C=O) groups is 4. The molecule has 0 saturated heterocycles. The standard InChI is InChI=1S/C51H44N2O6/c1-30-8-25-43-44(26-30)49(2,3)29-51(43,6)33-9-15-34(16-10-33)53-47(56)40-24-22-38(28-42(40)48(53)57)59-36-19-13-32(14-20-36)50(4,5)31-11-17-35(18-12-31)58-37-21-23-39-41(27-37)46(55)52(7)45(39)54/h8-28H,29H2,1-7H3. The number of aryl methyl sites for hydroxylation is 1. The molecule has 59 heavy (non-hydrogen) atoms. The number of carbonyl (C=O) groups excluding carboxylic acids is 4. The first-order chi connectivity index (χ1) is 28.0. The van der Waals surface area contributed by atoms with Crippen molar-refractivity contribution in [2.45, 2.75) is 64.2 Å². The summed E-state index contributed by atoms with van der Waals surface area (Å²) in [6.07, 6.45) is 0.964. The van der Waals surface area contributed by atoms with Crippen LogP contribution in [0.25, 0.3) is 0 Å². The third-order valence-corrected chi connectivity index (χ3v) is 12.6. The second-order valence-electron chi connectivity index (χ2n) is 17.4.